The van der Waals surface area contributed by atoms with E-state index < -0.39 is 0 Å². The zero-order valence-electron chi connectivity index (χ0n) is 16.0. The topological polar surface area (TPSA) is 99.1 Å². The van der Waals surface area contributed by atoms with Gasteiger partial charge in [0, 0.05) is 5.56 Å². The van der Waals surface area contributed by atoms with Crippen LogP contribution in [0.25, 0.3) is 22.3 Å². The van der Waals surface area contributed by atoms with Crippen LogP contribution in [0.5, 0.6) is 11.5 Å². The SMILES string of the molecule is COc1cc(-c2nn(C3CCc4ccccc4C3)c3ncnc(N)c23)ccc1O. The van der Waals surface area contributed by atoms with Gasteiger partial charge >= 0.3 is 0 Å². The van der Waals surface area contributed by atoms with Gasteiger partial charge in [-0.3, -0.25) is 0 Å². The summed E-state index contributed by atoms with van der Waals surface area (Å²) in [6.07, 6.45) is 4.37. The number of hydrogen-bond acceptors (Lipinski definition) is 6. The number of aromatic hydroxyl groups is 1. The Balaban J connectivity index is 1.66. The van der Waals surface area contributed by atoms with Gasteiger partial charge in [-0.2, -0.15) is 5.10 Å². The second kappa shape index (κ2) is 6.77. The molecule has 7 heteroatoms. The van der Waals surface area contributed by atoms with Gasteiger partial charge in [-0.1, -0.05) is 24.3 Å². The highest BCUT2D eigenvalue weighted by atomic mass is 16.5. The van der Waals surface area contributed by atoms with Gasteiger partial charge in [0.05, 0.1) is 18.5 Å². The van der Waals surface area contributed by atoms with Crippen LogP contribution in [0, 0.1) is 0 Å². The van der Waals surface area contributed by atoms with Crippen molar-refractivity contribution in [3.05, 3.63) is 59.9 Å². The summed E-state index contributed by atoms with van der Waals surface area (Å²) in [5, 5.41) is 15.6. The Morgan fingerprint density at radius 3 is 2.79 bits per heavy atom. The Hall–Kier alpha value is -3.61. The monoisotopic (exact) mass is 387 g/mol. The van der Waals surface area contributed by atoms with Gasteiger partial charge < -0.3 is 15.6 Å². The minimum atomic E-state index is 0.0769. The molecule has 0 radical (unpaired) electrons. The van der Waals surface area contributed by atoms with E-state index in [1.807, 2.05) is 4.68 Å². The minimum Gasteiger partial charge on any atom is -0.504 e. The lowest BCUT2D eigenvalue weighted by molar-refractivity contribution is 0.373. The summed E-state index contributed by atoms with van der Waals surface area (Å²) in [5.74, 6) is 0.847. The van der Waals surface area contributed by atoms with Crippen LogP contribution in [0.4, 0.5) is 5.82 Å². The third-order valence-corrected chi connectivity index (χ3v) is 5.64. The second-order valence-electron chi connectivity index (χ2n) is 7.30. The summed E-state index contributed by atoms with van der Waals surface area (Å²) in [5.41, 5.74) is 11.2. The number of aryl methyl sites for hydroxylation is 1. The first-order valence-electron chi connectivity index (χ1n) is 9.58. The van der Waals surface area contributed by atoms with Gasteiger partial charge in [0.15, 0.2) is 17.1 Å². The molecule has 5 rings (SSSR count). The van der Waals surface area contributed by atoms with Crippen molar-refractivity contribution < 1.29 is 9.84 Å². The summed E-state index contributed by atoms with van der Waals surface area (Å²) in [7, 11) is 1.52. The lowest BCUT2D eigenvalue weighted by Crippen LogP contribution is -2.20. The fourth-order valence-corrected chi connectivity index (χ4v) is 4.16. The minimum absolute atomic E-state index is 0.0769. The number of methoxy groups -OCH3 is 1. The van der Waals surface area contributed by atoms with Gasteiger partial charge in [0.25, 0.3) is 0 Å². The molecule has 7 nitrogen and oxygen atoms in total. The summed E-state index contributed by atoms with van der Waals surface area (Å²) >= 11 is 0. The maximum absolute atomic E-state index is 9.95. The summed E-state index contributed by atoms with van der Waals surface area (Å²) < 4.78 is 7.25. The second-order valence-corrected chi connectivity index (χ2v) is 7.30. The maximum atomic E-state index is 9.95. The molecule has 0 aliphatic heterocycles. The van der Waals surface area contributed by atoms with Crippen molar-refractivity contribution in [1.29, 1.82) is 0 Å². The third kappa shape index (κ3) is 2.86. The molecule has 0 amide bonds. The first-order valence-corrected chi connectivity index (χ1v) is 9.58. The number of benzene rings is 2. The fraction of sp³-hybridized carbons (Fsp3) is 0.227. The highest BCUT2D eigenvalue weighted by Gasteiger charge is 2.26. The number of phenolic OH excluding ortho intramolecular Hbond substituents is 1. The van der Waals surface area contributed by atoms with Gasteiger partial charge in [0.2, 0.25) is 0 Å². The number of phenols is 1. The Kier molecular flexibility index (Phi) is 4.08. The zero-order valence-corrected chi connectivity index (χ0v) is 16.0. The fourth-order valence-electron chi connectivity index (χ4n) is 4.16. The van der Waals surface area contributed by atoms with Gasteiger partial charge in [-0.05, 0) is 48.6 Å². The predicted octanol–water partition coefficient (Wildman–Crippen LogP) is 3.52. The van der Waals surface area contributed by atoms with E-state index in [2.05, 4.69) is 34.2 Å². The van der Waals surface area contributed by atoms with Crippen molar-refractivity contribution in [2.24, 2.45) is 0 Å². The molecule has 4 aromatic rings. The average molecular weight is 387 g/mol. The van der Waals surface area contributed by atoms with Crippen LogP contribution in [0.15, 0.2) is 48.8 Å². The molecular weight excluding hydrogens is 366 g/mol. The Labute approximate surface area is 167 Å². The molecule has 0 saturated heterocycles. The molecule has 0 saturated carbocycles. The molecule has 29 heavy (non-hydrogen) atoms. The summed E-state index contributed by atoms with van der Waals surface area (Å²) in [4.78, 5) is 8.69. The summed E-state index contributed by atoms with van der Waals surface area (Å²) in [6.45, 7) is 0. The molecule has 0 spiro atoms. The number of anilines is 1. The molecule has 2 aromatic heterocycles. The van der Waals surface area contributed by atoms with Crippen molar-refractivity contribution >= 4 is 16.9 Å². The molecule has 1 aliphatic carbocycles. The van der Waals surface area contributed by atoms with Crippen LogP contribution >= 0.6 is 0 Å². The van der Waals surface area contributed by atoms with E-state index in [1.54, 1.807) is 18.2 Å². The highest BCUT2D eigenvalue weighted by molar-refractivity contribution is 5.98. The van der Waals surface area contributed by atoms with Crippen molar-refractivity contribution in [3.63, 3.8) is 0 Å². The van der Waals surface area contributed by atoms with E-state index >= 15 is 0 Å². The molecule has 2 heterocycles. The van der Waals surface area contributed by atoms with Gasteiger partial charge in [-0.15, -0.1) is 0 Å². The molecule has 1 atom stereocenters. The number of fused-ring (bicyclic) bond motifs is 2. The van der Waals surface area contributed by atoms with Crippen LogP contribution in [0.1, 0.15) is 23.6 Å². The number of nitrogen functional groups attached to an aromatic ring is 1. The Morgan fingerprint density at radius 1 is 1.14 bits per heavy atom. The van der Waals surface area contributed by atoms with Crippen molar-refractivity contribution in [2.45, 2.75) is 25.3 Å². The van der Waals surface area contributed by atoms with Gasteiger partial charge in [-0.25, -0.2) is 14.6 Å². The first-order chi connectivity index (χ1) is 14.2. The lowest BCUT2D eigenvalue weighted by atomic mass is 9.88. The van der Waals surface area contributed by atoms with E-state index in [4.69, 9.17) is 15.6 Å². The number of aromatic nitrogens is 4. The predicted molar refractivity (Wildman–Crippen MR) is 111 cm³/mol. The molecular formula is C22H21N5O2. The van der Waals surface area contributed by atoms with E-state index in [0.29, 0.717) is 17.3 Å². The van der Waals surface area contributed by atoms with Crippen molar-refractivity contribution in [2.75, 3.05) is 12.8 Å². The largest absolute Gasteiger partial charge is 0.504 e. The standard InChI is InChI=1S/C22H21N5O2/c1-29-18-11-15(7-9-17(18)28)20-19-21(23)24-12-25-22(19)27(26-20)16-8-6-13-4-2-3-5-14(13)10-16/h2-5,7,9,11-12,16,28H,6,8,10H2,1H3,(H2,23,24,25). The van der Waals surface area contributed by atoms with Crippen molar-refractivity contribution in [1.82, 2.24) is 19.7 Å². The van der Waals surface area contributed by atoms with Crippen LogP contribution in [0.3, 0.4) is 0 Å². The van der Waals surface area contributed by atoms with Crippen LogP contribution in [-0.4, -0.2) is 32.0 Å². The van der Waals surface area contributed by atoms with E-state index in [1.165, 1.54) is 24.6 Å². The number of hydrogen-bond donors (Lipinski definition) is 2. The quantitative estimate of drug-likeness (QED) is 0.558. The summed E-state index contributed by atoms with van der Waals surface area (Å²) in [6, 6.07) is 13.9. The highest BCUT2D eigenvalue weighted by Crippen LogP contribution is 2.38. The maximum Gasteiger partial charge on any atom is 0.164 e. The number of ether oxygens (including phenoxy) is 1. The molecule has 3 N–H and O–H groups in total. The molecule has 2 aromatic carbocycles. The zero-order chi connectivity index (χ0) is 20.0. The number of rotatable bonds is 3. The molecule has 146 valence electrons. The Bertz CT molecular complexity index is 1220. The van der Waals surface area contributed by atoms with E-state index in [9.17, 15) is 5.11 Å². The smallest absolute Gasteiger partial charge is 0.164 e. The lowest BCUT2D eigenvalue weighted by Gasteiger charge is -2.25. The van der Waals surface area contributed by atoms with Crippen LogP contribution < -0.4 is 10.5 Å². The third-order valence-electron chi connectivity index (χ3n) is 5.64. The van der Waals surface area contributed by atoms with E-state index in [0.717, 1.165) is 35.9 Å². The van der Waals surface area contributed by atoms with Gasteiger partial charge in [0.1, 0.15) is 17.8 Å². The molecule has 0 fully saturated rings. The molecule has 1 unspecified atom stereocenters. The van der Waals surface area contributed by atoms with Crippen molar-refractivity contribution in [3.8, 4) is 22.8 Å². The van der Waals surface area contributed by atoms with Crippen LogP contribution in [0.2, 0.25) is 0 Å². The van der Waals surface area contributed by atoms with E-state index in [-0.39, 0.29) is 11.8 Å². The molecule has 1 aliphatic rings. The number of nitrogens with two attached hydrogens (primary N) is 1. The average Bonchev–Trinajstić information content (AvgIpc) is 3.15. The first kappa shape index (κ1) is 17.5. The molecule has 0 bridgehead atoms. The number of nitrogens with zero attached hydrogens (tertiary/aromatic N) is 4. The van der Waals surface area contributed by atoms with Crippen LogP contribution in [-0.2, 0) is 12.8 Å². The normalized spacial score (nSPS) is 16.0. The Morgan fingerprint density at radius 2 is 1.97 bits per heavy atom.